The topological polar surface area (TPSA) is 53.1 Å². The van der Waals surface area contributed by atoms with Crippen LogP contribution >= 0.6 is 0 Å². The molecule has 0 saturated carbocycles. The Balaban J connectivity index is 1.25. The lowest BCUT2D eigenvalue weighted by Gasteiger charge is -2.34. The van der Waals surface area contributed by atoms with Crippen molar-refractivity contribution in [1.82, 2.24) is 14.7 Å². The Hall–Kier alpha value is -3.12. The van der Waals surface area contributed by atoms with E-state index in [0.29, 0.717) is 17.8 Å². The minimum atomic E-state index is -0.313. The van der Waals surface area contributed by atoms with Crippen LogP contribution in [0.25, 0.3) is 0 Å². The van der Waals surface area contributed by atoms with Gasteiger partial charge in [-0.15, -0.1) is 0 Å². The summed E-state index contributed by atoms with van der Waals surface area (Å²) in [6, 6.07) is 10.5. The van der Waals surface area contributed by atoms with Crippen LogP contribution in [0.1, 0.15) is 31.2 Å². The van der Waals surface area contributed by atoms with Crippen LogP contribution in [0.3, 0.4) is 0 Å². The maximum absolute atomic E-state index is 12.8. The first kappa shape index (κ1) is 23.1. The van der Waals surface area contributed by atoms with Crippen molar-refractivity contribution in [3.05, 3.63) is 83.8 Å². The Kier molecular flexibility index (Phi) is 8.14. The van der Waals surface area contributed by atoms with Crippen LogP contribution in [0.2, 0.25) is 0 Å². The Morgan fingerprint density at radius 3 is 2.36 bits per heavy atom. The largest absolute Gasteiger partial charge is 0.414 e. The molecule has 0 spiro atoms. The molecule has 2 saturated heterocycles. The average molecular weight is 448 g/mol. The van der Waals surface area contributed by atoms with E-state index in [1.165, 1.54) is 5.56 Å². The first-order valence-electron chi connectivity index (χ1n) is 11.9. The lowest BCUT2D eigenvalue weighted by atomic mass is 10.1. The van der Waals surface area contributed by atoms with Gasteiger partial charge in [-0.1, -0.05) is 48.6 Å². The van der Waals surface area contributed by atoms with E-state index >= 15 is 0 Å². The lowest BCUT2D eigenvalue weighted by molar-refractivity contribution is -0.111. The number of likely N-dealkylation sites (tertiary alicyclic amines) is 1. The minimum absolute atomic E-state index is 0.0480. The van der Waals surface area contributed by atoms with Gasteiger partial charge in [0.05, 0.1) is 0 Å². The van der Waals surface area contributed by atoms with E-state index in [1.54, 1.807) is 17.1 Å². The summed E-state index contributed by atoms with van der Waals surface area (Å²) in [7, 11) is 0. The summed E-state index contributed by atoms with van der Waals surface area (Å²) in [5.74, 6) is 0.468. The van der Waals surface area contributed by atoms with Crippen molar-refractivity contribution >= 4 is 11.9 Å². The number of piperidine rings is 1. The van der Waals surface area contributed by atoms with Crippen LogP contribution in [-0.4, -0.2) is 65.8 Å². The molecule has 6 nitrogen and oxygen atoms in total. The van der Waals surface area contributed by atoms with E-state index in [9.17, 15) is 9.59 Å². The number of hydrogen-bond acceptors (Lipinski definition) is 5. The molecule has 1 aromatic carbocycles. The molecule has 174 valence electrons. The molecule has 0 unspecified atom stereocenters. The van der Waals surface area contributed by atoms with Crippen molar-refractivity contribution in [3.63, 3.8) is 0 Å². The predicted octanol–water partition coefficient (Wildman–Crippen LogP) is 4.28. The number of hydrogen-bond donors (Lipinski definition) is 0. The quantitative estimate of drug-likeness (QED) is 0.610. The third kappa shape index (κ3) is 6.93. The molecule has 2 aliphatic heterocycles. The van der Waals surface area contributed by atoms with Gasteiger partial charge in [0, 0.05) is 70.1 Å². The molecule has 3 aliphatic rings. The number of amides is 1. The molecular formula is C27H33N3O3. The highest BCUT2D eigenvalue weighted by Crippen LogP contribution is 2.20. The summed E-state index contributed by atoms with van der Waals surface area (Å²) >= 11 is 0. The normalized spacial score (nSPS) is 19.8. The number of carbonyl (C=O) groups excluding carboxylic acids is 2. The fourth-order valence-electron chi connectivity index (χ4n) is 4.32. The highest BCUT2D eigenvalue weighted by molar-refractivity contribution is 6.04. The number of piperazine rings is 1. The maximum Gasteiger partial charge on any atom is 0.414 e. The summed E-state index contributed by atoms with van der Waals surface area (Å²) in [5.41, 5.74) is 1.95. The summed E-state index contributed by atoms with van der Waals surface area (Å²) in [4.78, 5) is 31.7. The molecule has 1 aliphatic carbocycles. The van der Waals surface area contributed by atoms with Crippen molar-refractivity contribution in [3.8, 4) is 0 Å². The molecule has 4 rings (SSSR count). The summed E-state index contributed by atoms with van der Waals surface area (Å²) in [6.45, 7) is 6.18. The molecular weight excluding hydrogens is 414 g/mol. The van der Waals surface area contributed by atoms with Crippen LogP contribution in [0, 0.1) is 0 Å². The smallest absolute Gasteiger partial charge is 0.414 e. The summed E-state index contributed by atoms with van der Waals surface area (Å²) in [6.07, 6.45) is 14.0. The van der Waals surface area contributed by atoms with E-state index in [1.807, 2.05) is 30.5 Å². The standard InChI is InChI=1S/C27H33N3O3/c31-26(13-16-28-17-19-29(20-18-28)22-23-9-3-1-4-10-23)24-11-5-6-12-25(21-24)33-27(32)30-14-7-2-8-15-30/h1,3-6,9-13,16H,2,7-8,14-15,17-22H2/b16-13+. The molecule has 0 aromatic heterocycles. The Morgan fingerprint density at radius 1 is 0.879 bits per heavy atom. The summed E-state index contributed by atoms with van der Waals surface area (Å²) in [5, 5.41) is 0. The number of allylic oxidation sites excluding steroid dienone is 6. The second-order valence-corrected chi connectivity index (χ2v) is 8.78. The minimum Gasteiger partial charge on any atom is -0.414 e. The number of rotatable bonds is 6. The Bertz CT molecular complexity index is 935. The van der Waals surface area contributed by atoms with Gasteiger partial charge < -0.3 is 14.5 Å². The van der Waals surface area contributed by atoms with Crippen molar-refractivity contribution in [1.29, 1.82) is 0 Å². The van der Waals surface area contributed by atoms with Gasteiger partial charge >= 0.3 is 6.09 Å². The van der Waals surface area contributed by atoms with Crippen LogP contribution in [0.15, 0.2) is 78.2 Å². The molecule has 1 amide bonds. The van der Waals surface area contributed by atoms with E-state index in [2.05, 4.69) is 34.1 Å². The second kappa shape index (κ2) is 11.7. The molecule has 0 N–H and O–H groups in total. The van der Waals surface area contributed by atoms with Crippen LogP contribution in [0.4, 0.5) is 4.79 Å². The molecule has 0 radical (unpaired) electrons. The predicted molar refractivity (Wildman–Crippen MR) is 129 cm³/mol. The number of ether oxygens (including phenoxy) is 1. The van der Waals surface area contributed by atoms with Gasteiger partial charge in [-0.2, -0.15) is 0 Å². The van der Waals surface area contributed by atoms with Crippen LogP contribution in [0.5, 0.6) is 0 Å². The Morgan fingerprint density at radius 2 is 1.61 bits per heavy atom. The molecule has 33 heavy (non-hydrogen) atoms. The van der Waals surface area contributed by atoms with E-state index in [-0.39, 0.29) is 11.9 Å². The monoisotopic (exact) mass is 447 g/mol. The Labute approximate surface area is 196 Å². The van der Waals surface area contributed by atoms with E-state index < -0.39 is 0 Å². The second-order valence-electron chi connectivity index (χ2n) is 8.78. The number of carbonyl (C=O) groups is 2. The zero-order chi connectivity index (χ0) is 22.9. The highest BCUT2D eigenvalue weighted by Gasteiger charge is 2.21. The first-order valence-corrected chi connectivity index (χ1v) is 11.9. The van der Waals surface area contributed by atoms with Gasteiger partial charge in [-0.25, -0.2) is 4.79 Å². The van der Waals surface area contributed by atoms with Crippen LogP contribution < -0.4 is 0 Å². The molecule has 0 atom stereocenters. The van der Waals surface area contributed by atoms with Gasteiger partial charge in [0.1, 0.15) is 5.76 Å². The lowest BCUT2D eigenvalue weighted by Crippen LogP contribution is -2.43. The molecule has 6 heteroatoms. The fraction of sp³-hybridized carbons (Fsp3) is 0.407. The van der Waals surface area contributed by atoms with Crippen molar-refractivity contribution in [2.45, 2.75) is 32.2 Å². The number of benzene rings is 1. The van der Waals surface area contributed by atoms with Gasteiger partial charge in [0.15, 0.2) is 5.78 Å². The van der Waals surface area contributed by atoms with Gasteiger partial charge in [-0.3, -0.25) is 9.69 Å². The third-order valence-corrected chi connectivity index (χ3v) is 6.30. The highest BCUT2D eigenvalue weighted by atomic mass is 16.6. The molecule has 2 heterocycles. The maximum atomic E-state index is 12.8. The summed E-state index contributed by atoms with van der Waals surface area (Å²) < 4.78 is 5.61. The van der Waals surface area contributed by atoms with Crippen molar-refractivity contribution in [2.75, 3.05) is 39.3 Å². The van der Waals surface area contributed by atoms with Crippen molar-refractivity contribution < 1.29 is 14.3 Å². The molecule has 2 fully saturated rings. The van der Waals surface area contributed by atoms with Gasteiger partial charge in [0.25, 0.3) is 0 Å². The number of nitrogens with zero attached hydrogens (tertiary/aromatic N) is 3. The van der Waals surface area contributed by atoms with E-state index in [4.69, 9.17) is 4.74 Å². The number of ketones is 1. The van der Waals surface area contributed by atoms with Gasteiger partial charge in [-0.05, 0) is 30.9 Å². The molecule has 0 bridgehead atoms. The zero-order valence-electron chi connectivity index (χ0n) is 19.2. The van der Waals surface area contributed by atoms with Crippen LogP contribution in [-0.2, 0) is 16.1 Å². The zero-order valence-corrected chi connectivity index (χ0v) is 19.2. The van der Waals surface area contributed by atoms with E-state index in [0.717, 1.165) is 65.1 Å². The first-order chi connectivity index (χ1) is 16.2. The fourth-order valence-corrected chi connectivity index (χ4v) is 4.32. The third-order valence-electron chi connectivity index (χ3n) is 6.30. The molecule has 1 aromatic rings. The average Bonchev–Trinajstić information content (AvgIpc) is 3.10. The van der Waals surface area contributed by atoms with Gasteiger partial charge in [0.2, 0.25) is 0 Å². The van der Waals surface area contributed by atoms with Crippen molar-refractivity contribution in [2.24, 2.45) is 0 Å². The SMILES string of the molecule is O=C(/C=C/N1CCN(Cc2ccccc2)CC1)C1=CC=CC=C(OC(=O)N2CCCCC2)C1.